The predicted octanol–water partition coefficient (Wildman–Crippen LogP) is 4.07. The van der Waals surface area contributed by atoms with E-state index >= 15 is 0 Å². The minimum absolute atomic E-state index is 0.0989. The van der Waals surface area contributed by atoms with Crippen molar-refractivity contribution in [2.24, 2.45) is 0 Å². The maximum Gasteiger partial charge on any atom is 0.226 e. The van der Waals surface area contributed by atoms with Crippen molar-refractivity contribution in [3.05, 3.63) is 60.4 Å². The van der Waals surface area contributed by atoms with Crippen LogP contribution >= 0.6 is 11.3 Å². The number of carbonyl (C=O) groups is 1. The van der Waals surface area contributed by atoms with Crippen LogP contribution in [0.3, 0.4) is 0 Å². The van der Waals surface area contributed by atoms with Crippen LogP contribution in [0, 0.1) is 5.82 Å². The van der Waals surface area contributed by atoms with Gasteiger partial charge in [0.1, 0.15) is 5.82 Å². The Hall–Kier alpha value is -3.11. The number of carbonyl (C=O) groups excluding carboxylic acids is 1. The molecule has 154 valence electrons. The zero-order chi connectivity index (χ0) is 21.3. The van der Waals surface area contributed by atoms with Crippen LogP contribution < -0.4 is 5.32 Å². The monoisotopic (exact) mass is 445 g/mol. The van der Waals surface area contributed by atoms with Gasteiger partial charge in [-0.25, -0.2) is 22.8 Å². The second kappa shape index (κ2) is 7.96. The molecule has 0 saturated carbocycles. The van der Waals surface area contributed by atoms with Crippen LogP contribution in [0.2, 0.25) is 0 Å². The molecule has 0 aliphatic rings. The van der Waals surface area contributed by atoms with Crippen LogP contribution in [0.15, 0.2) is 58.0 Å². The molecule has 1 amide bonds. The van der Waals surface area contributed by atoms with Gasteiger partial charge in [-0.1, -0.05) is 23.5 Å². The van der Waals surface area contributed by atoms with Gasteiger partial charge in [-0.05, 0) is 30.3 Å². The number of aryl methyl sites for hydroxylation is 1. The Kier molecular flexibility index (Phi) is 5.35. The van der Waals surface area contributed by atoms with Crippen molar-refractivity contribution < 1.29 is 22.0 Å². The molecule has 10 heteroatoms. The SMILES string of the molecule is CS(=O)(=O)c1ccc2nc(NC(=O)CCc3ncc(-c4ccccc4F)o3)sc2c1. The Morgan fingerprint density at radius 2 is 2.03 bits per heavy atom. The van der Waals surface area contributed by atoms with E-state index in [1.54, 1.807) is 24.3 Å². The lowest BCUT2D eigenvalue weighted by Crippen LogP contribution is -2.12. The number of fused-ring (bicyclic) bond motifs is 1. The summed E-state index contributed by atoms with van der Waals surface area (Å²) < 4.78 is 43.4. The van der Waals surface area contributed by atoms with Crippen molar-refractivity contribution in [2.75, 3.05) is 11.6 Å². The molecule has 4 aromatic rings. The number of amides is 1. The molecule has 0 unspecified atom stereocenters. The minimum atomic E-state index is -3.32. The normalized spacial score (nSPS) is 11.7. The fourth-order valence-corrected chi connectivity index (χ4v) is 4.45. The summed E-state index contributed by atoms with van der Waals surface area (Å²) in [5.74, 6) is -0.0716. The number of thiazole rings is 1. The second-order valence-corrected chi connectivity index (χ2v) is 9.61. The first-order chi connectivity index (χ1) is 14.3. The summed E-state index contributed by atoms with van der Waals surface area (Å²) in [6.07, 6.45) is 2.90. The van der Waals surface area contributed by atoms with Gasteiger partial charge in [0.25, 0.3) is 0 Å². The summed E-state index contributed by atoms with van der Waals surface area (Å²) in [7, 11) is -3.32. The quantitative estimate of drug-likeness (QED) is 0.480. The van der Waals surface area contributed by atoms with Crippen LogP contribution in [-0.4, -0.2) is 30.5 Å². The number of nitrogens with one attached hydrogen (secondary N) is 1. The van der Waals surface area contributed by atoms with E-state index in [0.717, 1.165) is 6.26 Å². The molecule has 0 atom stereocenters. The molecule has 0 aliphatic heterocycles. The highest BCUT2D eigenvalue weighted by Gasteiger charge is 2.14. The van der Waals surface area contributed by atoms with Gasteiger partial charge >= 0.3 is 0 Å². The molecular formula is C20H16FN3O4S2. The van der Waals surface area contributed by atoms with Crippen LogP contribution in [0.4, 0.5) is 9.52 Å². The summed E-state index contributed by atoms with van der Waals surface area (Å²) in [6.45, 7) is 0. The third-order valence-corrected chi connectivity index (χ3v) is 6.34. The first-order valence-electron chi connectivity index (χ1n) is 8.90. The molecule has 30 heavy (non-hydrogen) atoms. The van der Waals surface area contributed by atoms with E-state index in [-0.39, 0.29) is 23.6 Å². The Morgan fingerprint density at radius 3 is 2.80 bits per heavy atom. The molecular weight excluding hydrogens is 429 g/mol. The molecule has 0 spiro atoms. The summed E-state index contributed by atoms with van der Waals surface area (Å²) in [4.78, 5) is 20.8. The van der Waals surface area contributed by atoms with Crippen molar-refractivity contribution in [1.29, 1.82) is 0 Å². The third kappa shape index (κ3) is 4.39. The Balaban J connectivity index is 1.40. The molecule has 7 nitrogen and oxygen atoms in total. The van der Waals surface area contributed by atoms with Crippen molar-refractivity contribution >= 4 is 42.4 Å². The summed E-state index contributed by atoms with van der Waals surface area (Å²) >= 11 is 1.19. The van der Waals surface area contributed by atoms with Gasteiger partial charge in [0.2, 0.25) is 5.91 Å². The molecule has 0 bridgehead atoms. The molecule has 0 aliphatic carbocycles. The number of nitrogens with zero attached hydrogens (tertiary/aromatic N) is 2. The number of halogens is 1. The second-order valence-electron chi connectivity index (χ2n) is 6.57. The number of anilines is 1. The van der Waals surface area contributed by atoms with E-state index in [0.29, 0.717) is 32.6 Å². The zero-order valence-corrected chi connectivity index (χ0v) is 17.4. The number of sulfone groups is 1. The Labute approximate surface area is 175 Å². The molecule has 0 saturated heterocycles. The molecule has 0 radical (unpaired) electrons. The van der Waals surface area contributed by atoms with Gasteiger partial charge in [-0.2, -0.15) is 0 Å². The van der Waals surface area contributed by atoms with Crippen LogP contribution in [-0.2, 0) is 21.1 Å². The van der Waals surface area contributed by atoms with Gasteiger partial charge in [-0.3, -0.25) is 4.79 Å². The molecule has 2 heterocycles. The fourth-order valence-electron chi connectivity index (χ4n) is 2.80. The van der Waals surface area contributed by atoms with E-state index in [1.807, 2.05) is 0 Å². The van der Waals surface area contributed by atoms with Crippen molar-refractivity contribution in [2.45, 2.75) is 17.7 Å². The smallest absolute Gasteiger partial charge is 0.226 e. The first-order valence-corrected chi connectivity index (χ1v) is 11.6. The maximum atomic E-state index is 13.8. The van der Waals surface area contributed by atoms with E-state index in [2.05, 4.69) is 15.3 Å². The van der Waals surface area contributed by atoms with Crippen LogP contribution in [0.5, 0.6) is 0 Å². The summed E-state index contributed by atoms with van der Waals surface area (Å²) in [5.41, 5.74) is 0.911. The standard InChI is InChI=1S/C20H16FN3O4S2/c1-30(26,27)12-6-7-15-17(10-12)29-20(23-15)24-18(25)8-9-19-22-11-16(28-19)13-4-2-3-5-14(13)21/h2-7,10-11H,8-9H2,1H3,(H,23,24,25). The van der Waals surface area contributed by atoms with Gasteiger partial charge in [0.15, 0.2) is 26.6 Å². The average molecular weight is 445 g/mol. The molecule has 4 rings (SSSR count). The van der Waals surface area contributed by atoms with Gasteiger partial charge < -0.3 is 9.73 Å². The van der Waals surface area contributed by atoms with E-state index < -0.39 is 15.7 Å². The average Bonchev–Trinajstić information content (AvgIpc) is 3.31. The highest BCUT2D eigenvalue weighted by Crippen LogP contribution is 2.28. The summed E-state index contributed by atoms with van der Waals surface area (Å²) in [5, 5.41) is 3.07. The number of aromatic nitrogens is 2. The van der Waals surface area contributed by atoms with Crippen molar-refractivity contribution in [1.82, 2.24) is 9.97 Å². The van der Waals surface area contributed by atoms with Crippen molar-refractivity contribution in [3.63, 3.8) is 0 Å². The lowest BCUT2D eigenvalue weighted by Gasteiger charge is -2.00. The highest BCUT2D eigenvalue weighted by atomic mass is 32.2. The van der Waals surface area contributed by atoms with Gasteiger partial charge in [0, 0.05) is 19.1 Å². The van der Waals surface area contributed by atoms with Crippen LogP contribution in [0.25, 0.3) is 21.5 Å². The van der Waals surface area contributed by atoms with Crippen molar-refractivity contribution in [3.8, 4) is 11.3 Å². The molecule has 1 N–H and O–H groups in total. The lowest BCUT2D eigenvalue weighted by atomic mass is 10.2. The number of rotatable bonds is 6. The fraction of sp³-hybridized carbons (Fsp3) is 0.150. The van der Waals surface area contributed by atoms with Crippen LogP contribution in [0.1, 0.15) is 12.3 Å². The first kappa shape index (κ1) is 20.2. The van der Waals surface area contributed by atoms with E-state index in [1.165, 1.54) is 35.7 Å². The molecule has 2 aromatic heterocycles. The largest absolute Gasteiger partial charge is 0.441 e. The lowest BCUT2D eigenvalue weighted by molar-refractivity contribution is -0.116. The highest BCUT2D eigenvalue weighted by molar-refractivity contribution is 7.90. The molecule has 2 aromatic carbocycles. The zero-order valence-electron chi connectivity index (χ0n) is 15.8. The third-order valence-electron chi connectivity index (χ3n) is 4.29. The number of oxazole rings is 1. The maximum absolute atomic E-state index is 13.8. The summed E-state index contributed by atoms with van der Waals surface area (Å²) in [6, 6.07) is 10.8. The number of hydrogen-bond donors (Lipinski definition) is 1. The Bertz CT molecular complexity index is 1350. The van der Waals surface area contributed by atoms with Gasteiger partial charge in [-0.15, -0.1) is 0 Å². The van der Waals surface area contributed by atoms with Gasteiger partial charge in [0.05, 0.1) is 26.9 Å². The van der Waals surface area contributed by atoms with E-state index in [4.69, 9.17) is 4.42 Å². The topological polar surface area (TPSA) is 102 Å². The molecule has 0 fully saturated rings. The number of hydrogen-bond acceptors (Lipinski definition) is 7. The predicted molar refractivity (Wildman–Crippen MR) is 112 cm³/mol. The van der Waals surface area contributed by atoms with E-state index in [9.17, 15) is 17.6 Å². The number of benzene rings is 2. The minimum Gasteiger partial charge on any atom is -0.441 e. The Morgan fingerprint density at radius 1 is 1.23 bits per heavy atom.